The molecule has 0 aliphatic carbocycles. The van der Waals surface area contributed by atoms with Crippen LogP contribution in [0.5, 0.6) is 0 Å². The highest BCUT2D eigenvalue weighted by Crippen LogP contribution is 2.21. The first-order valence-corrected chi connectivity index (χ1v) is 9.23. The van der Waals surface area contributed by atoms with Gasteiger partial charge in [-0.15, -0.1) is 0 Å². The molecule has 1 saturated heterocycles. The first-order valence-electron chi connectivity index (χ1n) is 7.68. The van der Waals surface area contributed by atoms with Gasteiger partial charge in [0.1, 0.15) is 0 Å². The molecule has 0 aromatic heterocycles. The Morgan fingerprint density at radius 2 is 2.00 bits per heavy atom. The van der Waals surface area contributed by atoms with Crippen molar-refractivity contribution in [1.82, 2.24) is 10.6 Å². The normalized spacial score (nSPS) is 22.5. The average molecular weight is 324 g/mol. The summed E-state index contributed by atoms with van der Waals surface area (Å²) in [5.74, 6) is 0.0550. The van der Waals surface area contributed by atoms with Crippen LogP contribution >= 0.6 is 0 Å². The van der Waals surface area contributed by atoms with E-state index in [0.29, 0.717) is 12.5 Å². The van der Waals surface area contributed by atoms with E-state index in [-0.39, 0.29) is 22.4 Å². The molecule has 1 heterocycles. The van der Waals surface area contributed by atoms with Crippen molar-refractivity contribution in [1.29, 1.82) is 0 Å². The van der Waals surface area contributed by atoms with Gasteiger partial charge in [-0.05, 0) is 44.9 Å². The first-order chi connectivity index (χ1) is 10.3. The van der Waals surface area contributed by atoms with Gasteiger partial charge in [-0.25, -0.2) is 8.42 Å². The molecule has 1 fully saturated rings. The van der Waals surface area contributed by atoms with Crippen LogP contribution in [0.2, 0.25) is 0 Å². The van der Waals surface area contributed by atoms with E-state index in [4.69, 9.17) is 0 Å². The molecule has 1 aromatic rings. The predicted molar refractivity (Wildman–Crippen MR) is 86.7 cm³/mol. The van der Waals surface area contributed by atoms with Crippen LogP contribution in [0.3, 0.4) is 0 Å². The molecule has 122 valence electrons. The Morgan fingerprint density at radius 1 is 1.32 bits per heavy atom. The second kappa shape index (κ2) is 6.79. The molecule has 6 heteroatoms. The second-order valence-corrected chi connectivity index (χ2v) is 8.61. The molecular formula is C16H24N2O3S. The third-order valence-electron chi connectivity index (χ3n) is 4.20. The zero-order valence-electron chi connectivity index (χ0n) is 13.3. The number of carbonyl (C=O) groups is 1. The molecule has 0 radical (unpaired) electrons. The molecule has 0 spiro atoms. The maximum Gasteiger partial charge on any atom is 0.252 e. The minimum absolute atomic E-state index is 0.0241. The molecule has 2 unspecified atom stereocenters. The largest absolute Gasteiger partial charge is 0.348 e. The van der Waals surface area contributed by atoms with Crippen molar-refractivity contribution in [2.45, 2.75) is 43.4 Å². The van der Waals surface area contributed by atoms with E-state index in [1.54, 1.807) is 32.0 Å². The summed E-state index contributed by atoms with van der Waals surface area (Å²) in [7, 11) is -3.48. The molecular weight excluding hydrogens is 300 g/mol. The Hall–Kier alpha value is -1.40. The average Bonchev–Trinajstić information content (AvgIpc) is 2.49. The smallest absolute Gasteiger partial charge is 0.252 e. The highest BCUT2D eigenvalue weighted by Gasteiger charge is 2.28. The minimum atomic E-state index is -3.48. The number of hydrogen-bond donors (Lipinski definition) is 2. The third kappa shape index (κ3) is 3.50. The number of benzene rings is 1. The zero-order valence-corrected chi connectivity index (χ0v) is 14.1. The van der Waals surface area contributed by atoms with Crippen LogP contribution in [0.4, 0.5) is 0 Å². The highest BCUT2D eigenvalue weighted by molar-refractivity contribution is 7.92. The fraction of sp³-hybridized carbons (Fsp3) is 0.562. The van der Waals surface area contributed by atoms with Crippen LogP contribution < -0.4 is 10.6 Å². The Balaban J connectivity index is 2.27. The predicted octanol–water partition coefficient (Wildman–Crippen LogP) is 1.60. The van der Waals surface area contributed by atoms with Crippen LogP contribution in [0.1, 0.15) is 37.6 Å². The van der Waals surface area contributed by atoms with Gasteiger partial charge in [-0.3, -0.25) is 4.79 Å². The van der Waals surface area contributed by atoms with Crippen molar-refractivity contribution in [3.05, 3.63) is 29.8 Å². The van der Waals surface area contributed by atoms with Crippen molar-refractivity contribution in [3.63, 3.8) is 0 Å². The number of rotatable bonds is 4. The Labute approximate surface area is 132 Å². The van der Waals surface area contributed by atoms with E-state index in [9.17, 15) is 13.2 Å². The lowest BCUT2D eigenvalue weighted by atomic mass is 9.94. The van der Waals surface area contributed by atoms with Crippen molar-refractivity contribution < 1.29 is 13.2 Å². The topological polar surface area (TPSA) is 75.3 Å². The zero-order chi connectivity index (χ0) is 16.3. The molecule has 1 aromatic carbocycles. The van der Waals surface area contributed by atoms with Crippen molar-refractivity contribution in [3.8, 4) is 0 Å². The van der Waals surface area contributed by atoms with Crippen LogP contribution in [-0.4, -0.2) is 38.7 Å². The number of carbonyl (C=O) groups excluding carboxylic acids is 1. The summed E-state index contributed by atoms with van der Waals surface area (Å²) in [6.07, 6.45) is 0.997. The molecule has 0 saturated carbocycles. The van der Waals surface area contributed by atoms with Crippen LogP contribution in [0.15, 0.2) is 29.2 Å². The molecule has 1 aliphatic rings. The Morgan fingerprint density at radius 3 is 2.64 bits per heavy atom. The molecule has 22 heavy (non-hydrogen) atoms. The second-order valence-electron chi connectivity index (χ2n) is 6.14. The van der Waals surface area contributed by atoms with E-state index < -0.39 is 15.1 Å². The van der Waals surface area contributed by atoms with E-state index in [1.807, 2.05) is 0 Å². The number of amides is 1. The summed E-state index contributed by atoms with van der Waals surface area (Å²) in [4.78, 5) is 12.7. The maximum atomic E-state index is 12.5. The molecule has 2 rings (SSSR count). The summed E-state index contributed by atoms with van der Waals surface area (Å²) >= 11 is 0. The first kappa shape index (κ1) is 17.0. The summed E-state index contributed by atoms with van der Waals surface area (Å²) < 4.78 is 24.8. The van der Waals surface area contributed by atoms with E-state index in [0.717, 1.165) is 13.0 Å². The van der Waals surface area contributed by atoms with Gasteiger partial charge in [0.2, 0.25) is 0 Å². The van der Waals surface area contributed by atoms with E-state index >= 15 is 0 Å². The van der Waals surface area contributed by atoms with Gasteiger partial charge in [0.25, 0.3) is 5.91 Å². The molecule has 5 nitrogen and oxygen atoms in total. The fourth-order valence-electron chi connectivity index (χ4n) is 2.59. The van der Waals surface area contributed by atoms with Gasteiger partial charge in [-0.2, -0.15) is 0 Å². The van der Waals surface area contributed by atoms with E-state index in [2.05, 4.69) is 17.6 Å². The van der Waals surface area contributed by atoms with Gasteiger partial charge in [0.05, 0.1) is 15.7 Å². The number of hydrogen-bond acceptors (Lipinski definition) is 4. The minimum Gasteiger partial charge on any atom is -0.348 e. The fourth-order valence-corrected chi connectivity index (χ4v) is 3.83. The quantitative estimate of drug-likeness (QED) is 0.882. The summed E-state index contributed by atoms with van der Waals surface area (Å²) in [5.41, 5.74) is 0.231. The monoisotopic (exact) mass is 324 g/mol. The molecule has 1 amide bonds. The Kier molecular flexibility index (Phi) is 5.24. The molecule has 2 N–H and O–H groups in total. The lowest BCUT2D eigenvalue weighted by Gasteiger charge is -2.30. The van der Waals surface area contributed by atoms with Gasteiger partial charge in [-0.1, -0.05) is 19.1 Å². The summed E-state index contributed by atoms with van der Waals surface area (Å²) in [6, 6.07) is 6.45. The lowest BCUT2D eigenvalue weighted by molar-refractivity contribution is 0.0912. The van der Waals surface area contributed by atoms with Crippen LogP contribution in [0, 0.1) is 5.92 Å². The molecule has 1 aliphatic heterocycles. The number of piperidine rings is 1. The lowest BCUT2D eigenvalue weighted by Crippen LogP contribution is -2.50. The van der Waals surface area contributed by atoms with Gasteiger partial charge < -0.3 is 10.6 Å². The van der Waals surface area contributed by atoms with Gasteiger partial charge in [0.15, 0.2) is 9.84 Å². The standard InChI is InChI=1S/C16H24N2O3S/c1-11(2)22(20,21)15-7-5-4-6-13(15)16(19)18-14-10-17-9-8-12(14)3/h4-7,11-12,14,17H,8-10H2,1-3H3,(H,18,19). The number of sulfone groups is 1. The van der Waals surface area contributed by atoms with Crippen molar-refractivity contribution >= 4 is 15.7 Å². The molecule has 2 atom stereocenters. The van der Waals surface area contributed by atoms with Gasteiger partial charge in [0, 0.05) is 12.6 Å². The third-order valence-corrected chi connectivity index (χ3v) is 6.41. The molecule has 0 bridgehead atoms. The van der Waals surface area contributed by atoms with Crippen LogP contribution in [-0.2, 0) is 9.84 Å². The Bertz CT molecular complexity index is 641. The number of nitrogens with one attached hydrogen (secondary N) is 2. The summed E-state index contributed by atoms with van der Waals surface area (Å²) in [6.45, 7) is 7.01. The maximum absolute atomic E-state index is 12.5. The van der Waals surface area contributed by atoms with Crippen molar-refractivity contribution in [2.75, 3.05) is 13.1 Å². The van der Waals surface area contributed by atoms with E-state index in [1.165, 1.54) is 6.07 Å². The summed E-state index contributed by atoms with van der Waals surface area (Å²) in [5, 5.41) is 5.66. The van der Waals surface area contributed by atoms with Crippen LogP contribution in [0.25, 0.3) is 0 Å². The van der Waals surface area contributed by atoms with Crippen molar-refractivity contribution in [2.24, 2.45) is 5.92 Å². The SMILES string of the molecule is CC1CCNCC1NC(=O)c1ccccc1S(=O)(=O)C(C)C. The van der Waals surface area contributed by atoms with Gasteiger partial charge >= 0.3 is 0 Å². The highest BCUT2D eigenvalue weighted by atomic mass is 32.2.